The molecule has 0 bridgehead atoms. The van der Waals surface area contributed by atoms with Gasteiger partial charge in [0.2, 0.25) is 0 Å². The molecule has 2 aromatic rings. The number of carbonyl (C=O) groups excluding carboxylic acids is 2. The molecule has 42 heavy (non-hydrogen) atoms. The van der Waals surface area contributed by atoms with Gasteiger partial charge in [0.15, 0.2) is 5.60 Å². The standard InChI is InChI=1S/C33H37F3N2O4/c1-23(39)42-32-16-15-28(37-30(40)14-11-24-9-12-26(13-10-24)33(34,35)36)20-31(32,27-5-4-6-29(19-27)41-3)17-18-38(2,22-32)21-25-7-8-25/h4-6,9-10,12-13,19,25,28H,7-8,15-18,20-22H2,1-3H3/p+1/t28-,31+,32?,38-/m1/s1. The SMILES string of the molecule is COc1cccc([C@@]23CC[N@+](C)(CC4CC4)CC2(OC(C)=O)CC[C@@H](NC(=O)C#Cc2ccc(C(F)(F)F)cc2)C3)c1. The molecule has 2 saturated carbocycles. The Morgan fingerprint density at radius 2 is 1.83 bits per heavy atom. The van der Waals surface area contributed by atoms with Crippen LogP contribution in [0, 0.1) is 17.8 Å². The Bertz CT molecular complexity index is 1390. The highest BCUT2D eigenvalue weighted by atomic mass is 19.4. The average molecular weight is 584 g/mol. The summed E-state index contributed by atoms with van der Waals surface area (Å²) in [6, 6.07) is 12.1. The summed E-state index contributed by atoms with van der Waals surface area (Å²) in [6.45, 7) is 4.16. The number of amides is 1. The maximum absolute atomic E-state index is 12.9. The van der Waals surface area contributed by atoms with Gasteiger partial charge in [-0.2, -0.15) is 13.2 Å². The van der Waals surface area contributed by atoms with Gasteiger partial charge in [0.05, 0.1) is 32.8 Å². The zero-order chi connectivity index (χ0) is 30.2. The fourth-order valence-electron chi connectivity index (χ4n) is 7.27. The third-order valence-corrected chi connectivity index (χ3v) is 9.30. The van der Waals surface area contributed by atoms with E-state index in [1.54, 1.807) is 7.11 Å². The molecule has 9 heteroatoms. The van der Waals surface area contributed by atoms with Crippen LogP contribution in [-0.4, -0.2) is 61.8 Å². The number of piperidine rings is 1. The number of esters is 1. The lowest BCUT2D eigenvalue weighted by molar-refractivity contribution is -0.924. The first-order valence-electron chi connectivity index (χ1n) is 14.5. The molecule has 1 aliphatic heterocycles. The number of methoxy groups -OCH3 is 1. The molecule has 0 spiro atoms. The molecule has 4 atom stereocenters. The summed E-state index contributed by atoms with van der Waals surface area (Å²) in [4.78, 5) is 25.6. The molecule has 1 saturated heterocycles. The quantitative estimate of drug-likeness (QED) is 0.287. The Labute approximate surface area is 245 Å². The minimum absolute atomic E-state index is 0.227. The van der Waals surface area contributed by atoms with Crippen molar-refractivity contribution >= 4 is 11.9 Å². The molecule has 1 N–H and O–H groups in total. The zero-order valence-corrected chi connectivity index (χ0v) is 24.4. The number of halogens is 3. The number of alkyl halides is 3. The molecule has 0 radical (unpaired) electrons. The van der Waals surface area contributed by atoms with E-state index < -0.39 is 28.7 Å². The molecule has 2 aliphatic carbocycles. The van der Waals surface area contributed by atoms with Gasteiger partial charge in [-0.3, -0.25) is 9.59 Å². The van der Waals surface area contributed by atoms with Crippen LogP contribution in [0.15, 0.2) is 48.5 Å². The fourth-order valence-corrected chi connectivity index (χ4v) is 7.27. The van der Waals surface area contributed by atoms with Gasteiger partial charge in [-0.05, 0) is 74.1 Å². The van der Waals surface area contributed by atoms with E-state index in [0.29, 0.717) is 43.0 Å². The van der Waals surface area contributed by atoms with Crippen LogP contribution in [0.3, 0.4) is 0 Å². The Morgan fingerprint density at radius 1 is 1.10 bits per heavy atom. The molecule has 224 valence electrons. The van der Waals surface area contributed by atoms with Crippen LogP contribution in [0.1, 0.15) is 62.1 Å². The third-order valence-electron chi connectivity index (χ3n) is 9.30. The van der Waals surface area contributed by atoms with E-state index in [4.69, 9.17) is 9.47 Å². The Morgan fingerprint density at radius 3 is 2.48 bits per heavy atom. The molecular formula is C33H38F3N2O4+. The molecule has 6 nitrogen and oxygen atoms in total. The van der Waals surface area contributed by atoms with Crippen molar-refractivity contribution in [3.63, 3.8) is 0 Å². The zero-order valence-electron chi connectivity index (χ0n) is 24.4. The Balaban J connectivity index is 1.42. The number of hydrogen-bond acceptors (Lipinski definition) is 4. The van der Waals surface area contributed by atoms with E-state index in [0.717, 1.165) is 41.7 Å². The number of hydrogen-bond donors (Lipinski definition) is 1. The number of nitrogens with zero attached hydrogens (tertiary/aromatic N) is 1. The van der Waals surface area contributed by atoms with Crippen LogP contribution in [-0.2, 0) is 25.9 Å². The number of likely N-dealkylation sites (tertiary alicyclic amines) is 1. The van der Waals surface area contributed by atoms with Crippen molar-refractivity contribution in [3.05, 3.63) is 65.2 Å². The normalized spacial score (nSPS) is 29.0. The lowest BCUT2D eigenvalue weighted by Crippen LogP contribution is -2.72. The minimum atomic E-state index is -4.43. The van der Waals surface area contributed by atoms with Crippen LogP contribution < -0.4 is 10.1 Å². The highest BCUT2D eigenvalue weighted by molar-refractivity contribution is 5.94. The predicted octanol–water partition coefficient (Wildman–Crippen LogP) is 5.23. The average Bonchev–Trinajstić information content (AvgIpc) is 3.75. The molecule has 5 rings (SSSR count). The number of quaternary nitrogens is 1. The van der Waals surface area contributed by atoms with Gasteiger partial charge in [0.1, 0.15) is 12.3 Å². The van der Waals surface area contributed by atoms with Crippen molar-refractivity contribution < 1.29 is 36.7 Å². The minimum Gasteiger partial charge on any atom is -0.497 e. The van der Waals surface area contributed by atoms with Crippen molar-refractivity contribution in [1.82, 2.24) is 5.32 Å². The van der Waals surface area contributed by atoms with Crippen molar-refractivity contribution in [2.24, 2.45) is 5.92 Å². The van der Waals surface area contributed by atoms with Crippen molar-refractivity contribution in [2.45, 2.75) is 68.7 Å². The fraction of sp³-hybridized carbons (Fsp3) is 0.515. The number of rotatable bonds is 6. The largest absolute Gasteiger partial charge is 0.497 e. The molecule has 1 amide bonds. The summed E-state index contributed by atoms with van der Waals surface area (Å²) in [5.41, 5.74) is -0.719. The number of carbonyl (C=O) groups is 2. The Hall–Kier alpha value is -3.51. The highest BCUT2D eigenvalue weighted by Gasteiger charge is 2.65. The van der Waals surface area contributed by atoms with E-state index in [9.17, 15) is 22.8 Å². The van der Waals surface area contributed by atoms with E-state index in [2.05, 4.69) is 30.3 Å². The van der Waals surface area contributed by atoms with Gasteiger partial charge in [-0.15, -0.1) is 0 Å². The predicted molar refractivity (Wildman–Crippen MR) is 151 cm³/mol. The van der Waals surface area contributed by atoms with Crippen LogP contribution in [0.5, 0.6) is 5.75 Å². The number of nitrogens with one attached hydrogen (secondary N) is 1. The first kappa shape index (κ1) is 30.0. The molecule has 3 fully saturated rings. The summed E-state index contributed by atoms with van der Waals surface area (Å²) >= 11 is 0. The van der Waals surface area contributed by atoms with Crippen LogP contribution in [0.4, 0.5) is 13.2 Å². The smallest absolute Gasteiger partial charge is 0.416 e. The van der Waals surface area contributed by atoms with Gasteiger partial charge in [0, 0.05) is 42.2 Å². The second-order valence-electron chi connectivity index (χ2n) is 12.5. The third kappa shape index (κ3) is 6.29. The maximum Gasteiger partial charge on any atom is 0.416 e. The maximum atomic E-state index is 12.9. The first-order chi connectivity index (χ1) is 19.9. The summed E-state index contributed by atoms with van der Waals surface area (Å²) < 4.78 is 51.4. The lowest BCUT2D eigenvalue weighted by Gasteiger charge is -2.60. The van der Waals surface area contributed by atoms with Crippen LogP contribution in [0.25, 0.3) is 0 Å². The summed E-state index contributed by atoms with van der Waals surface area (Å²) in [6.07, 6.45) is 0.590. The monoisotopic (exact) mass is 583 g/mol. The number of likely N-dealkylation sites (N-methyl/N-ethyl adjacent to an activating group) is 1. The van der Waals surface area contributed by atoms with Gasteiger partial charge in [-0.25, -0.2) is 0 Å². The Kier molecular flexibility index (Phi) is 8.06. The molecule has 3 aliphatic rings. The number of fused-ring (bicyclic) bond motifs is 1. The van der Waals surface area contributed by atoms with Gasteiger partial charge >= 0.3 is 12.1 Å². The van der Waals surface area contributed by atoms with E-state index in [1.165, 1.54) is 31.9 Å². The van der Waals surface area contributed by atoms with Crippen LogP contribution >= 0.6 is 0 Å². The second-order valence-corrected chi connectivity index (χ2v) is 12.5. The molecule has 2 aromatic carbocycles. The van der Waals surface area contributed by atoms with Crippen molar-refractivity contribution in [3.8, 4) is 17.6 Å². The molecule has 0 aromatic heterocycles. The lowest BCUT2D eigenvalue weighted by atomic mass is 9.54. The molecule has 1 unspecified atom stereocenters. The van der Waals surface area contributed by atoms with E-state index in [-0.39, 0.29) is 12.0 Å². The molecule has 1 heterocycles. The first-order valence-corrected chi connectivity index (χ1v) is 14.5. The molecular weight excluding hydrogens is 545 g/mol. The van der Waals surface area contributed by atoms with Crippen molar-refractivity contribution in [1.29, 1.82) is 0 Å². The number of ether oxygens (including phenoxy) is 2. The topological polar surface area (TPSA) is 64.6 Å². The summed E-state index contributed by atoms with van der Waals surface area (Å²) in [5, 5.41) is 3.05. The summed E-state index contributed by atoms with van der Waals surface area (Å²) in [7, 11) is 3.89. The van der Waals surface area contributed by atoms with Gasteiger partial charge in [-0.1, -0.05) is 18.1 Å². The van der Waals surface area contributed by atoms with Crippen molar-refractivity contribution in [2.75, 3.05) is 33.8 Å². The number of benzene rings is 2. The van der Waals surface area contributed by atoms with Gasteiger partial charge in [0.25, 0.3) is 5.91 Å². The second kappa shape index (κ2) is 11.3. The van der Waals surface area contributed by atoms with E-state index >= 15 is 0 Å². The summed E-state index contributed by atoms with van der Waals surface area (Å²) in [5.74, 6) is 5.84. The van der Waals surface area contributed by atoms with Crippen LogP contribution in [0.2, 0.25) is 0 Å². The van der Waals surface area contributed by atoms with Gasteiger partial charge < -0.3 is 19.3 Å². The van der Waals surface area contributed by atoms with E-state index in [1.807, 2.05) is 18.2 Å². The highest BCUT2D eigenvalue weighted by Crippen LogP contribution is 2.55.